The lowest BCUT2D eigenvalue weighted by Crippen LogP contribution is -2.43. The van der Waals surface area contributed by atoms with Crippen LogP contribution in [0.15, 0.2) is 48.5 Å². The summed E-state index contributed by atoms with van der Waals surface area (Å²) < 4.78 is 6.43. The van der Waals surface area contributed by atoms with E-state index in [1.165, 1.54) is 5.56 Å². The Kier molecular flexibility index (Phi) is 5.27. The number of rotatable bonds is 4. The normalized spacial score (nSPS) is 13.7. The van der Waals surface area contributed by atoms with E-state index < -0.39 is 8.32 Å². The van der Waals surface area contributed by atoms with Gasteiger partial charge in [-0.1, -0.05) is 69.6 Å². The summed E-state index contributed by atoms with van der Waals surface area (Å²) in [6, 6.07) is 16.5. The highest BCUT2D eigenvalue weighted by Crippen LogP contribution is 2.38. The van der Waals surface area contributed by atoms with Crippen LogP contribution in [0.4, 0.5) is 0 Å². The highest BCUT2D eigenvalue weighted by molar-refractivity contribution is 6.74. The molecular formula is C20H27ClOSi. The van der Waals surface area contributed by atoms with E-state index in [1.54, 1.807) is 0 Å². The molecular weight excluding hydrogens is 320 g/mol. The van der Waals surface area contributed by atoms with Gasteiger partial charge in [0.2, 0.25) is 8.32 Å². The number of benzene rings is 2. The molecule has 0 unspecified atom stereocenters. The second kappa shape index (κ2) is 6.70. The van der Waals surface area contributed by atoms with Crippen LogP contribution in [0, 0.1) is 0 Å². The van der Waals surface area contributed by atoms with Crippen LogP contribution in [0.3, 0.4) is 0 Å². The third-order valence-electron chi connectivity index (χ3n) is 4.91. The first-order chi connectivity index (χ1) is 10.6. The zero-order valence-electron chi connectivity index (χ0n) is 15.0. The van der Waals surface area contributed by atoms with E-state index in [9.17, 15) is 0 Å². The smallest absolute Gasteiger partial charge is 0.250 e. The lowest BCUT2D eigenvalue weighted by molar-refractivity contribution is 0.491. The van der Waals surface area contributed by atoms with Gasteiger partial charge in [-0.05, 0) is 47.5 Å². The Balaban J connectivity index is 2.29. The van der Waals surface area contributed by atoms with Crippen LogP contribution in [0.1, 0.15) is 44.7 Å². The summed E-state index contributed by atoms with van der Waals surface area (Å²) in [6.07, 6.45) is 0. The van der Waals surface area contributed by atoms with Crippen molar-refractivity contribution in [2.45, 2.75) is 51.7 Å². The van der Waals surface area contributed by atoms with E-state index in [0.29, 0.717) is 0 Å². The average molecular weight is 347 g/mol. The number of hydrogen-bond donors (Lipinski definition) is 0. The molecule has 0 heterocycles. The molecule has 0 fully saturated rings. The Labute approximate surface area is 146 Å². The number of halogens is 1. The summed E-state index contributed by atoms with van der Waals surface area (Å²) in [7, 11) is -1.82. The summed E-state index contributed by atoms with van der Waals surface area (Å²) in [5.74, 6) is 1.21. The van der Waals surface area contributed by atoms with Gasteiger partial charge in [-0.2, -0.15) is 0 Å². The minimum atomic E-state index is -1.82. The van der Waals surface area contributed by atoms with Gasteiger partial charge in [0.25, 0.3) is 0 Å². The predicted molar refractivity (Wildman–Crippen MR) is 103 cm³/mol. The van der Waals surface area contributed by atoms with E-state index in [0.717, 1.165) is 16.3 Å². The molecule has 0 saturated carbocycles. The third kappa shape index (κ3) is 4.18. The Hall–Kier alpha value is -1.25. The first kappa shape index (κ1) is 18.1. The molecule has 0 spiro atoms. The Morgan fingerprint density at radius 1 is 1.00 bits per heavy atom. The standard InChI is InChI=1S/C20H27ClOSi/c1-15(18-12-7-8-13-19(18)21)16-10-9-11-17(14-16)22-23(5,6)20(2,3)4/h7-15H,1-6H3/t15-/m0/s1. The van der Waals surface area contributed by atoms with E-state index >= 15 is 0 Å². The van der Waals surface area contributed by atoms with Crippen LogP contribution in [-0.2, 0) is 0 Å². The van der Waals surface area contributed by atoms with Crippen LogP contribution >= 0.6 is 11.6 Å². The van der Waals surface area contributed by atoms with Crippen LogP contribution in [0.5, 0.6) is 5.75 Å². The lowest BCUT2D eigenvalue weighted by atomic mass is 9.93. The molecule has 23 heavy (non-hydrogen) atoms. The molecule has 1 nitrogen and oxygen atoms in total. The molecule has 3 heteroatoms. The van der Waals surface area contributed by atoms with Crippen molar-refractivity contribution in [1.82, 2.24) is 0 Å². The summed E-state index contributed by atoms with van der Waals surface area (Å²) in [5, 5.41) is 1.01. The van der Waals surface area contributed by atoms with Crippen molar-refractivity contribution in [2.75, 3.05) is 0 Å². The molecule has 2 aromatic rings. The van der Waals surface area contributed by atoms with Gasteiger partial charge in [0.15, 0.2) is 0 Å². The fraction of sp³-hybridized carbons (Fsp3) is 0.400. The zero-order chi connectivity index (χ0) is 17.3. The molecule has 0 saturated heterocycles. The minimum Gasteiger partial charge on any atom is -0.543 e. The van der Waals surface area contributed by atoms with E-state index in [-0.39, 0.29) is 11.0 Å². The maximum atomic E-state index is 6.43. The molecule has 0 N–H and O–H groups in total. The molecule has 0 aromatic heterocycles. The summed E-state index contributed by atoms with van der Waals surface area (Å²) in [4.78, 5) is 0. The summed E-state index contributed by atoms with van der Waals surface area (Å²) in [5.41, 5.74) is 2.38. The fourth-order valence-corrected chi connectivity index (χ4v) is 3.62. The molecule has 0 bridgehead atoms. The maximum Gasteiger partial charge on any atom is 0.250 e. The monoisotopic (exact) mass is 346 g/mol. The highest BCUT2D eigenvalue weighted by atomic mass is 35.5. The maximum absolute atomic E-state index is 6.43. The molecule has 1 atom stereocenters. The van der Waals surface area contributed by atoms with Gasteiger partial charge < -0.3 is 4.43 Å². The lowest BCUT2D eigenvalue weighted by Gasteiger charge is -2.36. The van der Waals surface area contributed by atoms with Gasteiger partial charge in [-0.3, -0.25) is 0 Å². The van der Waals surface area contributed by atoms with Crippen molar-refractivity contribution in [2.24, 2.45) is 0 Å². The SMILES string of the molecule is C[C@@H](c1cccc(O[Si](C)(C)C(C)(C)C)c1)c1ccccc1Cl. The highest BCUT2D eigenvalue weighted by Gasteiger charge is 2.39. The van der Waals surface area contributed by atoms with Crippen LogP contribution in [0.25, 0.3) is 0 Å². The van der Waals surface area contributed by atoms with E-state index in [2.05, 4.69) is 71.1 Å². The molecule has 2 rings (SSSR count). The zero-order valence-corrected chi connectivity index (χ0v) is 16.7. The van der Waals surface area contributed by atoms with Gasteiger partial charge in [0, 0.05) is 10.9 Å². The molecule has 124 valence electrons. The quantitative estimate of drug-likeness (QED) is 0.548. The fourth-order valence-electron chi connectivity index (χ4n) is 2.30. The van der Waals surface area contributed by atoms with Gasteiger partial charge >= 0.3 is 0 Å². The molecule has 0 aliphatic heterocycles. The van der Waals surface area contributed by atoms with Crippen molar-refractivity contribution < 1.29 is 4.43 Å². The Morgan fingerprint density at radius 3 is 2.26 bits per heavy atom. The van der Waals surface area contributed by atoms with Crippen molar-refractivity contribution in [3.63, 3.8) is 0 Å². The molecule has 0 aliphatic rings. The first-order valence-corrected chi connectivity index (χ1v) is 11.4. The van der Waals surface area contributed by atoms with E-state index in [4.69, 9.17) is 16.0 Å². The summed E-state index contributed by atoms with van der Waals surface area (Å²) >= 11 is 6.35. The van der Waals surface area contributed by atoms with Crippen LogP contribution in [-0.4, -0.2) is 8.32 Å². The predicted octanol–water partition coefficient (Wildman–Crippen LogP) is 6.88. The molecule has 0 amide bonds. The first-order valence-electron chi connectivity index (χ1n) is 8.15. The van der Waals surface area contributed by atoms with Gasteiger partial charge in [-0.25, -0.2) is 0 Å². The Bertz CT molecular complexity index is 673. The van der Waals surface area contributed by atoms with Crippen molar-refractivity contribution in [1.29, 1.82) is 0 Å². The van der Waals surface area contributed by atoms with Gasteiger partial charge in [-0.15, -0.1) is 0 Å². The summed E-state index contributed by atoms with van der Waals surface area (Å²) in [6.45, 7) is 13.5. The van der Waals surface area contributed by atoms with Crippen molar-refractivity contribution >= 4 is 19.9 Å². The minimum absolute atomic E-state index is 0.192. The topological polar surface area (TPSA) is 9.23 Å². The van der Waals surface area contributed by atoms with Crippen LogP contribution < -0.4 is 4.43 Å². The van der Waals surface area contributed by atoms with Crippen molar-refractivity contribution in [3.8, 4) is 5.75 Å². The molecule has 0 radical (unpaired) electrons. The third-order valence-corrected chi connectivity index (χ3v) is 9.61. The molecule has 2 aromatic carbocycles. The largest absolute Gasteiger partial charge is 0.543 e. The number of hydrogen-bond acceptors (Lipinski definition) is 1. The van der Waals surface area contributed by atoms with E-state index in [1.807, 2.05) is 18.2 Å². The van der Waals surface area contributed by atoms with Crippen molar-refractivity contribution in [3.05, 3.63) is 64.7 Å². The van der Waals surface area contributed by atoms with Crippen LogP contribution in [0.2, 0.25) is 23.2 Å². The van der Waals surface area contributed by atoms with Gasteiger partial charge in [0.05, 0.1) is 0 Å². The second-order valence-corrected chi connectivity index (χ2v) is 12.8. The Morgan fingerprint density at radius 2 is 1.65 bits per heavy atom. The molecule has 0 aliphatic carbocycles. The average Bonchev–Trinajstić information content (AvgIpc) is 2.45. The second-order valence-electron chi connectivity index (χ2n) is 7.68. The van der Waals surface area contributed by atoms with Gasteiger partial charge in [0.1, 0.15) is 5.75 Å².